The lowest BCUT2D eigenvalue weighted by Gasteiger charge is -2.44. The average Bonchev–Trinajstić information content (AvgIpc) is 3.29. The molecule has 0 bridgehead atoms. The van der Waals surface area contributed by atoms with Crippen molar-refractivity contribution >= 4 is 28.3 Å². The van der Waals surface area contributed by atoms with Crippen molar-refractivity contribution in [2.75, 3.05) is 19.7 Å². The Labute approximate surface area is 161 Å². The van der Waals surface area contributed by atoms with E-state index in [1.807, 2.05) is 36.2 Å². The number of likely N-dealkylation sites (tertiary alicyclic amines) is 1. The molecule has 140 valence electrons. The van der Waals surface area contributed by atoms with Crippen molar-refractivity contribution in [3.8, 4) is 0 Å². The molecule has 5 rings (SSSR count). The van der Waals surface area contributed by atoms with E-state index in [1.165, 1.54) is 10.4 Å². The summed E-state index contributed by atoms with van der Waals surface area (Å²) in [6.07, 6.45) is 2.66. The lowest BCUT2D eigenvalue weighted by atomic mass is 9.82. The van der Waals surface area contributed by atoms with Crippen LogP contribution in [0.4, 0.5) is 0 Å². The molecule has 0 N–H and O–H groups in total. The first kappa shape index (κ1) is 16.9. The first-order chi connectivity index (χ1) is 13.1. The molecule has 2 aliphatic rings. The highest BCUT2D eigenvalue weighted by Gasteiger charge is 2.42. The van der Waals surface area contributed by atoms with Gasteiger partial charge >= 0.3 is 0 Å². The van der Waals surface area contributed by atoms with Crippen molar-refractivity contribution in [2.24, 2.45) is 0 Å². The van der Waals surface area contributed by atoms with Gasteiger partial charge in [0.25, 0.3) is 11.6 Å². The zero-order valence-electron chi connectivity index (χ0n) is 15.4. The van der Waals surface area contributed by atoms with Crippen LogP contribution in [-0.4, -0.2) is 40.6 Å². The first-order valence-electron chi connectivity index (χ1n) is 9.31. The van der Waals surface area contributed by atoms with Gasteiger partial charge in [0.1, 0.15) is 0 Å². The molecule has 0 saturated carbocycles. The minimum Gasteiger partial charge on any atom is -0.370 e. The Kier molecular flexibility index (Phi) is 3.84. The van der Waals surface area contributed by atoms with E-state index in [0.29, 0.717) is 30.1 Å². The Morgan fingerprint density at radius 3 is 2.93 bits per heavy atom. The number of pyridine rings is 1. The summed E-state index contributed by atoms with van der Waals surface area (Å²) in [5, 5.41) is 6.86. The standard InChI is InChI=1S/C20H21N3O3S/c1-12-11-14(17-13(2)22-26-18(17)21-12)19(24)23-7-5-20(6-8-23)15-4-10-27-16(15)3-9-25-20/h4,10-11H,3,5-9H2,1-2H3. The van der Waals surface area contributed by atoms with Crippen molar-refractivity contribution < 1.29 is 14.1 Å². The number of fused-ring (bicyclic) bond motifs is 3. The summed E-state index contributed by atoms with van der Waals surface area (Å²) in [4.78, 5) is 21.0. The summed E-state index contributed by atoms with van der Waals surface area (Å²) in [6.45, 7) is 5.85. The first-order valence-corrected chi connectivity index (χ1v) is 10.2. The number of ether oxygens (including phenoxy) is 1. The van der Waals surface area contributed by atoms with Gasteiger partial charge in [-0.1, -0.05) is 5.16 Å². The fourth-order valence-electron chi connectivity index (χ4n) is 4.40. The second-order valence-corrected chi connectivity index (χ2v) is 8.40. The summed E-state index contributed by atoms with van der Waals surface area (Å²) >= 11 is 1.82. The molecule has 3 aromatic heterocycles. The highest BCUT2D eigenvalue weighted by Crippen LogP contribution is 2.43. The van der Waals surface area contributed by atoms with E-state index in [2.05, 4.69) is 21.6 Å². The molecule has 7 heteroatoms. The quantitative estimate of drug-likeness (QED) is 0.642. The smallest absolute Gasteiger partial charge is 0.258 e. The number of aromatic nitrogens is 2. The molecule has 2 aliphatic heterocycles. The number of piperidine rings is 1. The molecule has 1 amide bonds. The highest BCUT2D eigenvalue weighted by molar-refractivity contribution is 7.10. The van der Waals surface area contributed by atoms with Crippen LogP contribution in [0.1, 0.15) is 45.0 Å². The third-order valence-electron chi connectivity index (χ3n) is 5.78. The number of thiophene rings is 1. The summed E-state index contributed by atoms with van der Waals surface area (Å²) in [6, 6.07) is 4.04. The molecule has 0 atom stereocenters. The number of hydrogen-bond donors (Lipinski definition) is 0. The maximum Gasteiger partial charge on any atom is 0.258 e. The third-order valence-corrected chi connectivity index (χ3v) is 6.76. The molecule has 27 heavy (non-hydrogen) atoms. The third kappa shape index (κ3) is 2.60. The van der Waals surface area contributed by atoms with Crippen LogP contribution in [0, 0.1) is 13.8 Å². The monoisotopic (exact) mass is 383 g/mol. The zero-order valence-corrected chi connectivity index (χ0v) is 16.3. The number of nitrogens with zero attached hydrogens (tertiary/aromatic N) is 3. The van der Waals surface area contributed by atoms with E-state index in [0.717, 1.165) is 36.9 Å². The van der Waals surface area contributed by atoms with Gasteiger partial charge in [-0.3, -0.25) is 4.79 Å². The number of hydrogen-bond acceptors (Lipinski definition) is 6. The molecule has 0 aromatic carbocycles. The predicted octanol–water partition coefficient (Wildman–Crippen LogP) is 3.61. The number of carbonyl (C=O) groups excluding carboxylic acids is 1. The highest BCUT2D eigenvalue weighted by atomic mass is 32.1. The number of amides is 1. The van der Waals surface area contributed by atoms with Gasteiger partial charge in [0.05, 0.1) is 28.9 Å². The lowest BCUT2D eigenvalue weighted by molar-refractivity contribution is -0.0926. The van der Waals surface area contributed by atoms with Gasteiger partial charge in [0.2, 0.25) is 0 Å². The Balaban J connectivity index is 1.43. The molecule has 5 heterocycles. The number of aryl methyl sites for hydroxylation is 2. The van der Waals surface area contributed by atoms with Crippen molar-refractivity contribution in [3.05, 3.63) is 44.9 Å². The van der Waals surface area contributed by atoms with Crippen molar-refractivity contribution in [2.45, 2.75) is 38.7 Å². The van der Waals surface area contributed by atoms with E-state index in [4.69, 9.17) is 9.26 Å². The van der Waals surface area contributed by atoms with Gasteiger partial charge < -0.3 is 14.2 Å². The van der Waals surface area contributed by atoms with Gasteiger partial charge in [-0.15, -0.1) is 11.3 Å². The van der Waals surface area contributed by atoms with Crippen LogP contribution in [0.2, 0.25) is 0 Å². The summed E-state index contributed by atoms with van der Waals surface area (Å²) in [5.41, 5.74) is 3.64. The van der Waals surface area contributed by atoms with Crippen molar-refractivity contribution in [1.82, 2.24) is 15.0 Å². The van der Waals surface area contributed by atoms with Crippen LogP contribution in [0.3, 0.4) is 0 Å². The lowest BCUT2D eigenvalue weighted by Crippen LogP contribution is -2.48. The van der Waals surface area contributed by atoms with Gasteiger partial charge in [-0.2, -0.15) is 0 Å². The number of carbonyl (C=O) groups is 1. The van der Waals surface area contributed by atoms with Crippen LogP contribution in [-0.2, 0) is 16.8 Å². The largest absolute Gasteiger partial charge is 0.370 e. The Morgan fingerprint density at radius 1 is 1.30 bits per heavy atom. The van der Waals surface area contributed by atoms with Crippen LogP contribution in [0.5, 0.6) is 0 Å². The van der Waals surface area contributed by atoms with E-state index >= 15 is 0 Å². The van der Waals surface area contributed by atoms with Crippen LogP contribution < -0.4 is 0 Å². The second kappa shape index (κ2) is 6.14. The van der Waals surface area contributed by atoms with E-state index < -0.39 is 0 Å². The van der Waals surface area contributed by atoms with Crippen LogP contribution >= 0.6 is 11.3 Å². The Bertz CT molecular complexity index is 1030. The number of rotatable bonds is 1. The summed E-state index contributed by atoms with van der Waals surface area (Å²) < 4.78 is 11.5. The van der Waals surface area contributed by atoms with Crippen LogP contribution in [0.25, 0.3) is 11.1 Å². The summed E-state index contributed by atoms with van der Waals surface area (Å²) in [7, 11) is 0. The topological polar surface area (TPSA) is 68.5 Å². The van der Waals surface area contributed by atoms with Crippen molar-refractivity contribution in [1.29, 1.82) is 0 Å². The Hall–Kier alpha value is -2.25. The molecule has 0 radical (unpaired) electrons. The van der Waals surface area contributed by atoms with Gasteiger partial charge in [0, 0.05) is 30.1 Å². The van der Waals surface area contributed by atoms with Gasteiger partial charge in [0.15, 0.2) is 0 Å². The van der Waals surface area contributed by atoms with E-state index in [1.54, 1.807) is 0 Å². The molecule has 0 unspecified atom stereocenters. The molecular formula is C20H21N3O3S. The molecule has 0 aliphatic carbocycles. The minimum atomic E-state index is -0.221. The second-order valence-electron chi connectivity index (χ2n) is 7.40. The minimum absolute atomic E-state index is 0.0213. The molecule has 1 spiro atoms. The van der Waals surface area contributed by atoms with Crippen LogP contribution in [0.15, 0.2) is 22.0 Å². The van der Waals surface area contributed by atoms with Crippen molar-refractivity contribution in [3.63, 3.8) is 0 Å². The Morgan fingerprint density at radius 2 is 2.11 bits per heavy atom. The van der Waals surface area contributed by atoms with E-state index in [9.17, 15) is 4.79 Å². The molecule has 3 aromatic rings. The maximum absolute atomic E-state index is 13.3. The fraction of sp³-hybridized carbons (Fsp3) is 0.450. The molecule has 1 fully saturated rings. The summed E-state index contributed by atoms with van der Waals surface area (Å²) in [5.74, 6) is 0.0213. The van der Waals surface area contributed by atoms with E-state index in [-0.39, 0.29) is 11.5 Å². The average molecular weight is 383 g/mol. The normalized spacial score (nSPS) is 18.8. The van der Waals surface area contributed by atoms with Gasteiger partial charge in [-0.25, -0.2) is 4.98 Å². The zero-order chi connectivity index (χ0) is 18.6. The SMILES string of the molecule is Cc1cc(C(=O)N2CCC3(CC2)OCCc2sccc23)c2c(C)noc2n1. The predicted molar refractivity (Wildman–Crippen MR) is 102 cm³/mol. The molecule has 1 saturated heterocycles. The maximum atomic E-state index is 13.3. The molecular weight excluding hydrogens is 362 g/mol. The fourth-order valence-corrected chi connectivity index (χ4v) is 5.35. The molecule has 6 nitrogen and oxygen atoms in total. The van der Waals surface area contributed by atoms with Gasteiger partial charge in [-0.05, 0) is 49.8 Å².